The molecule has 1 aliphatic rings. The third kappa shape index (κ3) is 2.52. The van der Waals surface area contributed by atoms with Crippen LogP contribution >= 0.6 is 0 Å². The molecule has 4 rings (SSSR count). The number of aliphatic imine (C=N–C) groups is 2. The van der Waals surface area contributed by atoms with Gasteiger partial charge in [-0.1, -0.05) is 36.4 Å². The lowest BCUT2D eigenvalue weighted by atomic mass is 10.0. The lowest BCUT2D eigenvalue weighted by Crippen LogP contribution is -2.04. The van der Waals surface area contributed by atoms with Gasteiger partial charge in [0.15, 0.2) is 5.84 Å². The van der Waals surface area contributed by atoms with Crippen molar-refractivity contribution in [2.24, 2.45) is 9.98 Å². The second-order valence-electron chi connectivity index (χ2n) is 6.03. The van der Waals surface area contributed by atoms with Crippen molar-refractivity contribution in [3.05, 3.63) is 59.2 Å². The number of rotatable bonds is 4. The van der Waals surface area contributed by atoms with Crippen molar-refractivity contribution >= 4 is 22.6 Å². The molecular weight excluding hydrogens is 298 g/mol. The Morgan fingerprint density at radius 1 is 1.12 bits per heavy atom. The highest BCUT2D eigenvalue weighted by Crippen LogP contribution is 2.19. The van der Waals surface area contributed by atoms with Crippen LogP contribution in [-0.2, 0) is 6.54 Å². The van der Waals surface area contributed by atoms with Crippen LogP contribution in [0.1, 0.15) is 30.0 Å². The molecule has 5 heteroatoms. The Balaban J connectivity index is 1.67. The molecule has 0 unspecified atom stereocenters. The molecule has 0 amide bonds. The molecule has 24 heavy (non-hydrogen) atoms. The second-order valence-corrected chi connectivity index (χ2v) is 6.03. The summed E-state index contributed by atoms with van der Waals surface area (Å²) in [6, 6.07) is 14.4. The van der Waals surface area contributed by atoms with Crippen LogP contribution in [0, 0.1) is 6.92 Å². The van der Waals surface area contributed by atoms with Crippen LogP contribution in [0.3, 0.4) is 0 Å². The van der Waals surface area contributed by atoms with Crippen LogP contribution < -0.4 is 0 Å². The minimum atomic E-state index is 0.626. The Morgan fingerprint density at radius 3 is 2.83 bits per heavy atom. The Labute approximate surface area is 140 Å². The average Bonchev–Trinajstić information content (AvgIpc) is 3.23. The fourth-order valence-corrected chi connectivity index (χ4v) is 3.03. The number of hydrogen-bond donors (Lipinski definition) is 0. The van der Waals surface area contributed by atoms with E-state index in [0.717, 1.165) is 41.1 Å². The van der Waals surface area contributed by atoms with Crippen LogP contribution in [0.2, 0.25) is 0 Å². The van der Waals surface area contributed by atoms with Crippen molar-refractivity contribution in [3.8, 4) is 0 Å². The summed E-state index contributed by atoms with van der Waals surface area (Å²) in [4.78, 5) is 9.36. The van der Waals surface area contributed by atoms with Crippen LogP contribution in [0.5, 0.6) is 0 Å². The fraction of sp³-hybridized carbons (Fsp3) is 0.263. The van der Waals surface area contributed by atoms with Crippen molar-refractivity contribution in [1.29, 1.82) is 0 Å². The van der Waals surface area contributed by atoms with E-state index in [1.807, 2.05) is 22.9 Å². The number of fused-ring (bicyclic) bond motifs is 1. The van der Waals surface area contributed by atoms with Gasteiger partial charge in [0.25, 0.3) is 0 Å². The maximum absolute atomic E-state index is 4.75. The highest BCUT2D eigenvalue weighted by molar-refractivity contribution is 6.18. The number of aryl methyl sites for hydroxylation is 2. The van der Waals surface area contributed by atoms with E-state index < -0.39 is 0 Å². The minimum Gasteiger partial charge on any atom is -0.260 e. The Morgan fingerprint density at radius 2 is 2.00 bits per heavy atom. The highest BCUT2D eigenvalue weighted by atomic mass is 15.4. The first-order valence-corrected chi connectivity index (χ1v) is 8.28. The quantitative estimate of drug-likeness (QED) is 0.740. The van der Waals surface area contributed by atoms with E-state index in [9.17, 15) is 0 Å². The molecule has 0 atom stereocenters. The second kappa shape index (κ2) is 6.00. The maximum atomic E-state index is 4.75. The van der Waals surface area contributed by atoms with E-state index in [0.29, 0.717) is 6.54 Å². The summed E-state index contributed by atoms with van der Waals surface area (Å²) in [5.41, 5.74) is 6.37. The van der Waals surface area contributed by atoms with Crippen LogP contribution in [0.15, 0.2) is 52.4 Å². The summed E-state index contributed by atoms with van der Waals surface area (Å²) >= 11 is 0. The monoisotopic (exact) mass is 317 g/mol. The van der Waals surface area contributed by atoms with Crippen LogP contribution in [0.25, 0.3) is 11.0 Å². The minimum absolute atomic E-state index is 0.626. The molecule has 2 aromatic carbocycles. The van der Waals surface area contributed by atoms with E-state index in [4.69, 9.17) is 4.99 Å². The predicted octanol–water partition coefficient (Wildman–Crippen LogP) is 3.40. The van der Waals surface area contributed by atoms with Gasteiger partial charge in [-0.15, -0.1) is 5.10 Å². The molecule has 1 aromatic heterocycles. The summed E-state index contributed by atoms with van der Waals surface area (Å²) in [5, 5.41) is 8.49. The number of hydrogen-bond acceptors (Lipinski definition) is 4. The van der Waals surface area contributed by atoms with Crippen molar-refractivity contribution in [1.82, 2.24) is 15.0 Å². The van der Waals surface area contributed by atoms with Gasteiger partial charge in [-0.3, -0.25) is 4.99 Å². The lowest BCUT2D eigenvalue weighted by molar-refractivity contribution is 0.596. The number of benzene rings is 2. The molecule has 0 aliphatic carbocycles. The zero-order valence-electron chi connectivity index (χ0n) is 13.9. The Hall–Kier alpha value is -2.82. The van der Waals surface area contributed by atoms with Gasteiger partial charge in [-0.2, -0.15) is 0 Å². The molecule has 2 heterocycles. The fourth-order valence-electron chi connectivity index (χ4n) is 3.03. The summed E-state index contributed by atoms with van der Waals surface area (Å²) in [6.45, 7) is 5.75. The molecule has 120 valence electrons. The van der Waals surface area contributed by atoms with E-state index >= 15 is 0 Å². The van der Waals surface area contributed by atoms with Crippen LogP contribution in [-0.4, -0.2) is 33.1 Å². The van der Waals surface area contributed by atoms with Gasteiger partial charge in [-0.05, 0) is 37.1 Å². The molecule has 0 saturated heterocycles. The number of nitrogens with zero attached hydrogens (tertiary/aromatic N) is 5. The molecule has 5 nitrogen and oxygen atoms in total. The SMILES string of the molecule is CCCn1nnc2cc(C3=NCC(c4ccccc4C)=N3)ccc21. The van der Waals surface area contributed by atoms with Gasteiger partial charge in [0.2, 0.25) is 0 Å². The molecule has 3 aromatic rings. The summed E-state index contributed by atoms with van der Waals surface area (Å²) in [7, 11) is 0. The first-order valence-electron chi connectivity index (χ1n) is 8.28. The van der Waals surface area contributed by atoms with E-state index in [2.05, 4.69) is 53.4 Å². The largest absolute Gasteiger partial charge is 0.260 e. The standard InChI is InChI=1S/C19H19N5/c1-3-10-24-18-9-8-14(11-16(18)22-23-24)19-20-12-17(21-19)15-7-5-4-6-13(15)2/h4-9,11H,3,10,12H2,1-2H3. The molecule has 0 saturated carbocycles. The van der Waals surface area contributed by atoms with Crippen molar-refractivity contribution < 1.29 is 0 Å². The first-order chi connectivity index (χ1) is 11.8. The van der Waals surface area contributed by atoms with Gasteiger partial charge in [0, 0.05) is 17.7 Å². The third-order valence-electron chi connectivity index (χ3n) is 4.28. The van der Waals surface area contributed by atoms with Gasteiger partial charge >= 0.3 is 0 Å². The van der Waals surface area contributed by atoms with Gasteiger partial charge in [0.1, 0.15) is 5.52 Å². The Kier molecular flexibility index (Phi) is 3.69. The van der Waals surface area contributed by atoms with Gasteiger partial charge in [0.05, 0.1) is 17.8 Å². The van der Waals surface area contributed by atoms with E-state index in [1.54, 1.807) is 0 Å². The van der Waals surface area contributed by atoms with Crippen molar-refractivity contribution in [2.75, 3.05) is 6.54 Å². The third-order valence-corrected chi connectivity index (χ3v) is 4.28. The zero-order chi connectivity index (χ0) is 16.5. The van der Waals surface area contributed by atoms with E-state index in [-0.39, 0.29) is 0 Å². The smallest absolute Gasteiger partial charge is 0.155 e. The van der Waals surface area contributed by atoms with Gasteiger partial charge < -0.3 is 0 Å². The summed E-state index contributed by atoms with van der Waals surface area (Å²) in [5.74, 6) is 0.778. The summed E-state index contributed by atoms with van der Waals surface area (Å²) in [6.07, 6.45) is 1.04. The van der Waals surface area contributed by atoms with E-state index in [1.165, 1.54) is 11.1 Å². The predicted molar refractivity (Wildman–Crippen MR) is 96.9 cm³/mol. The Bertz CT molecular complexity index is 965. The molecule has 0 bridgehead atoms. The molecule has 1 aliphatic heterocycles. The lowest BCUT2D eigenvalue weighted by Gasteiger charge is -2.03. The summed E-state index contributed by atoms with van der Waals surface area (Å²) < 4.78 is 1.94. The normalized spacial score (nSPS) is 14.1. The average molecular weight is 317 g/mol. The maximum Gasteiger partial charge on any atom is 0.155 e. The van der Waals surface area contributed by atoms with Crippen molar-refractivity contribution in [2.45, 2.75) is 26.8 Å². The molecular formula is C19H19N5. The highest BCUT2D eigenvalue weighted by Gasteiger charge is 2.16. The molecule has 0 radical (unpaired) electrons. The van der Waals surface area contributed by atoms with Crippen molar-refractivity contribution in [3.63, 3.8) is 0 Å². The van der Waals surface area contributed by atoms with Crippen LogP contribution in [0.4, 0.5) is 0 Å². The molecule has 0 N–H and O–H groups in total. The first kappa shape index (κ1) is 14.8. The number of amidine groups is 1. The number of aromatic nitrogens is 3. The molecule has 0 spiro atoms. The van der Waals surface area contributed by atoms with Gasteiger partial charge in [-0.25, -0.2) is 9.67 Å². The topological polar surface area (TPSA) is 55.4 Å². The zero-order valence-corrected chi connectivity index (χ0v) is 13.9. The molecule has 0 fully saturated rings.